The predicted octanol–water partition coefficient (Wildman–Crippen LogP) is -2.81. The minimum Gasteiger partial charge on any atom is -0.467 e. The Morgan fingerprint density at radius 2 is 1.71 bits per heavy atom. The van der Waals surface area contributed by atoms with E-state index in [1.807, 2.05) is 6.08 Å². The first-order valence-corrected chi connectivity index (χ1v) is 12.6. The zero-order valence-corrected chi connectivity index (χ0v) is 20.6. The molecule has 202 valence electrons. The van der Waals surface area contributed by atoms with Crippen LogP contribution < -0.4 is 27.8 Å². The molecule has 11 atom stereocenters. The molecule has 12 heteroatoms. The van der Waals surface area contributed by atoms with Crippen LogP contribution in [0.1, 0.15) is 32.6 Å². The van der Waals surface area contributed by atoms with E-state index >= 15 is 0 Å². The molecule has 2 aliphatic heterocycles. The summed E-state index contributed by atoms with van der Waals surface area (Å²) in [7, 11) is 1.63. The summed E-state index contributed by atoms with van der Waals surface area (Å²) < 4.78 is 23.7. The lowest BCUT2D eigenvalue weighted by Crippen LogP contribution is -2.68. The zero-order chi connectivity index (χ0) is 25.3. The van der Waals surface area contributed by atoms with Crippen LogP contribution in [0.2, 0.25) is 0 Å². The fourth-order valence-corrected chi connectivity index (χ4v) is 5.14. The number of ether oxygens (including phenoxy) is 4. The van der Waals surface area contributed by atoms with Crippen molar-refractivity contribution in [3.05, 3.63) is 11.8 Å². The molecule has 0 bridgehead atoms. The second-order valence-corrected chi connectivity index (χ2v) is 10.7. The average Bonchev–Trinajstić information content (AvgIpc) is 3.62. The Balaban J connectivity index is 1.37. The Kier molecular flexibility index (Phi) is 8.71. The number of hydrogen-bond donors (Lipinski definition) is 8. The molecular formula is C23H43N5O7. The van der Waals surface area contributed by atoms with Gasteiger partial charge in [0, 0.05) is 12.1 Å². The summed E-state index contributed by atoms with van der Waals surface area (Å²) >= 11 is 0. The first kappa shape index (κ1) is 27.1. The number of nitrogens with one attached hydrogen (secondary N) is 2. The van der Waals surface area contributed by atoms with Crippen LogP contribution in [0.3, 0.4) is 0 Å². The van der Waals surface area contributed by atoms with Gasteiger partial charge in [-0.2, -0.15) is 0 Å². The Hall–Kier alpha value is -0.900. The standard InChI is InChI=1S/C23H43N5O7/c1-23(31)10-32-22(17(30)20(23)27-2)35-19-15(26)7-14(25)18(16(19)29)34-21-13(24)6-5-12(33-21)9-28-8-11-3-4-11/h5,11,13-22,27-31H,3-4,6-10,24-26H2,1-2H3/t13-,14+,15-,16?,17-,18-,19+,20-,21-,22-,23+/m1/s1. The summed E-state index contributed by atoms with van der Waals surface area (Å²) in [5.41, 5.74) is 17.5. The van der Waals surface area contributed by atoms with E-state index in [0.717, 1.165) is 18.2 Å². The van der Waals surface area contributed by atoms with E-state index in [2.05, 4.69) is 10.6 Å². The van der Waals surface area contributed by atoms with Gasteiger partial charge in [-0.3, -0.25) is 0 Å². The number of likely N-dealkylation sites (N-methyl/N-ethyl adjacent to an activating group) is 1. The molecule has 1 unspecified atom stereocenters. The summed E-state index contributed by atoms with van der Waals surface area (Å²) in [6.07, 6.45) is -0.665. The van der Waals surface area contributed by atoms with Gasteiger partial charge in [0.15, 0.2) is 6.29 Å². The second kappa shape index (κ2) is 11.2. The van der Waals surface area contributed by atoms with E-state index < -0.39 is 66.8 Å². The summed E-state index contributed by atoms with van der Waals surface area (Å²) in [5.74, 6) is 1.51. The molecule has 0 radical (unpaired) electrons. The highest BCUT2D eigenvalue weighted by atomic mass is 16.7. The number of hydrogen-bond acceptors (Lipinski definition) is 12. The SMILES string of the molecule is CN[C@@H]1[C@@H](O)[C@@H](O[C@@H]2C(O)[C@H](O[C@H]3OC(CNCC4CC4)=CC[C@H]3N)[C@@H](N)C[C@H]2N)OC[C@]1(C)O. The molecule has 0 aromatic carbocycles. The van der Waals surface area contributed by atoms with Gasteiger partial charge in [0.2, 0.25) is 6.29 Å². The van der Waals surface area contributed by atoms with Crippen molar-refractivity contribution in [3.8, 4) is 0 Å². The highest BCUT2D eigenvalue weighted by Gasteiger charge is 2.50. The van der Waals surface area contributed by atoms with Gasteiger partial charge in [-0.25, -0.2) is 0 Å². The number of aliphatic hydroxyl groups excluding tert-OH is 2. The minimum absolute atomic E-state index is 0.0631. The van der Waals surface area contributed by atoms with Crippen molar-refractivity contribution in [3.63, 3.8) is 0 Å². The lowest BCUT2D eigenvalue weighted by Gasteiger charge is -2.48. The molecule has 2 aliphatic carbocycles. The molecule has 12 nitrogen and oxygen atoms in total. The van der Waals surface area contributed by atoms with E-state index in [1.165, 1.54) is 12.8 Å². The van der Waals surface area contributed by atoms with E-state index in [-0.39, 0.29) is 6.61 Å². The molecule has 2 heterocycles. The smallest absolute Gasteiger partial charge is 0.215 e. The number of aliphatic hydroxyl groups is 3. The monoisotopic (exact) mass is 501 g/mol. The normalized spacial score (nSPS) is 46.7. The zero-order valence-electron chi connectivity index (χ0n) is 20.6. The Bertz CT molecular complexity index is 739. The summed E-state index contributed by atoms with van der Waals surface area (Å²) in [6, 6.07) is -2.30. The van der Waals surface area contributed by atoms with Crippen LogP contribution >= 0.6 is 0 Å². The van der Waals surface area contributed by atoms with Crippen molar-refractivity contribution in [1.82, 2.24) is 10.6 Å². The quantitative estimate of drug-likeness (QED) is 0.161. The Labute approximate surface area is 206 Å². The molecule has 0 spiro atoms. The van der Waals surface area contributed by atoms with Gasteiger partial charge < -0.3 is 62.1 Å². The fraction of sp³-hybridized carbons (Fsp3) is 0.913. The maximum atomic E-state index is 11.2. The highest BCUT2D eigenvalue weighted by Crippen LogP contribution is 2.31. The minimum atomic E-state index is -1.29. The lowest BCUT2D eigenvalue weighted by molar-refractivity contribution is -0.303. The Morgan fingerprint density at radius 1 is 1.06 bits per heavy atom. The molecule has 11 N–H and O–H groups in total. The van der Waals surface area contributed by atoms with Crippen molar-refractivity contribution in [2.45, 2.75) is 99.4 Å². The molecule has 4 rings (SSSR count). The van der Waals surface area contributed by atoms with Crippen LogP contribution in [-0.2, 0) is 18.9 Å². The van der Waals surface area contributed by atoms with Gasteiger partial charge in [0.05, 0.1) is 25.2 Å². The maximum Gasteiger partial charge on any atom is 0.215 e. The third-order valence-corrected chi connectivity index (χ3v) is 7.45. The van der Waals surface area contributed by atoms with E-state index in [1.54, 1.807) is 14.0 Å². The summed E-state index contributed by atoms with van der Waals surface area (Å²) in [5, 5.41) is 38.6. The average molecular weight is 502 g/mol. The first-order chi connectivity index (χ1) is 16.6. The van der Waals surface area contributed by atoms with Gasteiger partial charge in [-0.05, 0) is 58.2 Å². The van der Waals surface area contributed by atoms with Gasteiger partial charge in [0.1, 0.15) is 35.8 Å². The number of rotatable bonds is 9. The second-order valence-electron chi connectivity index (χ2n) is 10.7. The van der Waals surface area contributed by atoms with Crippen molar-refractivity contribution >= 4 is 0 Å². The Morgan fingerprint density at radius 3 is 2.34 bits per heavy atom. The third-order valence-electron chi connectivity index (χ3n) is 7.45. The lowest BCUT2D eigenvalue weighted by atomic mass is 9.84. The highest BCUT2D eigenvalue weighted by molar-refractivity contribution is 5.05. The summed E-state index contributed by atoms with van der Waals surface area (Å²) in [4.78, 5) is 0. The molecule has 0 aromatic heterocycles. The van der Waals surface area contributed by atoms with Gasteiger partial charge in [-0.15, -0.1) is 0 Å². The van der Waals surface area contributed by atoms with E-state index in [0.29, 0.717) is 19.4 Å². The summed E-state index contributed by atoms with van der Waals surface area (Å²) in [6.45, 7) is 3.05. The van der Waals surface area contributed by atoms with E-state index in [9.17, 15) is 15.3 Å². The molecule has 2 saturated carbocycles. The molecule has 0 aromatic rings. The van der Waals surface area contributed by atoms with Crippen LogP contribution in [0.4, 0.5) is 0 Å². The fourth-order valence-electron chi connectivity index (χ4n) is 5.14. The third kappa shape index (κ3) is 6.33. The topological polar surface area (TPSA) is 200 Å². The molecule has 35 heavy (non-hydrogen) atoms. The van der Waals surface area contributed by atoms with Crippen LogP contribution in [0.5, 0.6) is 0 Å². The van der Waals surface area contributed by atoms with E-state index in [4.69, 9.17) is 36.1 Å². The maximum absolute atomic E-state index is 11.2. The van der Waals surface area contributed by atoms with Crippen molar-refractivity contribution in [1.29, 1.82) is 0 Å². The van der Waals surface area contributed by atoms with Crippen molar-refractivity contribution < 1.29 is 34.3 Å². The largest absolute Gasteiger partial charge is 0.467 e. The molecule has 1 saturated heterocycles. The molecule has 0 amide bonds. The van der Waals surface area contributed by atoms with Gasteiger partial charge in [0.25, 0.3) is 0 Å². The van der Waals surface area contributed by atoms with Gasteiger partial charge >= 0.3 is 0 Å². The van der Waals surface area contributed by atoms with Crippen LogP contribution in [-0.4, -0.2) is 109 Å². The van der Waals surface area contributed by atoms with Gasteiger partial charge in [-0.1, -0.05) is 0 Å². The molecule has 4 aliphatic rings. The van der Waals surface area contributed by atoms with Crippen LogP contribution in [0.25, 0.3) is 0 Å². The van der Waals surface area contributed by atoms with Crippen LogP contribution in [0, 0.1) is 5.92 Å². The van der Waals surface area contributed by atoms with Crippen LogP contribution in [0.15, 0.2) is 11.8 Å². The van der Waals surface area contributed by atoms with Crippen molar-refractivity contribution in [2.75, 3.05) is 26.7 Å². The number of nitrogens with two attached hydrogens (primary N) is 3. The molecular weight excluding hydrogens is 458 g/mol. The van der Waals surface area contributed by atoms with Crippen molar-refractivity contribution in [2.24, 2.45) is 23.1 Å². The first-order valence-electron chi connectivity index (χ1n) is 12.6. The predicted molar refractivity (Wildman–Crippen MR) is 127 cm³/mol. The molecule has 3 fully saturated rings.